The van der Waals surface area contributed by atoms with Gasteiger partial charge in [0.2, 0.25) is 11.8 Å². The van der Waals surface area contributed by atoms with Gasteiger partial charge in [0.05, 0.1) is 19.2 Å². The van der Waals surface area contributed by atoms with Gasteiger partial charge in [-0.2, -0.15) is 0 Å². The zero-order valence-corrected chi connectivity index (χ0v) is 15.0. The fraction of sp³-hybridized carbons (Fsp3) is 0.300. The number of fused-ring (bicyclic) bond motifs is 1. The van der Waals surface area contributed by atoms with Crippen LogP contribution in [-0.2, 0) is 0 Å². The predicted octanol–water partition coefficient (Wildman–Crippen LogP) is 2.72. The lowest BCUT2D eigenvalue weighted by Gasteiger charge is -2.32. The van der Waals surface area contributed by atoms with E-state index in [2.05, 4.69) is 15.2 Å². The third-order valence-corrected chi connectivity index (χ3v) is 4.60. The number of nitrogens with zero attached hydrogens (tertiary/aromatic N) is 4. The van der Waals surface area contributed by atoms with Crippen molar-refractivity contribution >= 4 is 16.8 Å². The fourth-order valence-corrected chi connectivity index (χ4v) is 3.22. The summed E-state index contributed by atoms with van der Waals surface area (Å²) < 4.78 is 10.9. The number of piperidine rings is 1. The lowest BCUT2D eigenvalue weighted by molar-refractivity contribution is 0.0520. The molecule has 4 rings (SSSR count). The summed E-state index contributed by atoms with van der Waals surface area (Å²) in [5.41, 5.74) is 1.28. The maximum absolute atomic E-state index is 12.9. The van der Waals surface area contributed by atoms with Crippen LogP contribution in [0.1, 0.15) is 23.3 Å². The Morgan fingerprint density at radius 1 is 1.07 bits per heavy atom. The van der Waals surface area contributed by atoms with Crippen LogP contribution in [0.3, 0.4) is 0 Å². The van der Waals surface area contributed by atoms with Crippen LogP contribution in [0.5, 0.6) is 11.8 Å². The molecule has 1 amide bonds. The SMILES string of the molecule is COc1ccc(OC2CCCN(C(=O)c3ccc4ccccc4n3)C2)nn1. The van der Waals surface area contributed by atoms with Crippen LogP contribution in [0, 0.1) is 0 Å². The highest BCUT2D eigenvalue weighted by Gasteiger charge is 2.26. The molecule has 0 radical (unpaired) electrons. The first-order valence-corrected chi connectivity index (χ1v) is 8.92. The molecule has 0 spiro atoms. The molecule has 138 valence electrons. The molecule has 7 heteroatoms. The molecule has 1 saturated heterocycles. The molecule has 0 bridgehead atoms. The number of pyridine rings is 1. The van der Waals surface area contributed by atoms with Crippen molar-refractivity contribution in [2.45, 2.75) is 18.9 Å². The number of benzene rings is 1. The average molecular weight is 364 g/mol. The number of aromatic nitrogens is 3. The van der Waals surface area contributed by atoms with E-state index in [0.717, 1.165) is 23.7 Å². The monoisotopic (exact) mass is 364 g/mol. The molecule has 27 heavy (non-hydrogen) atoms. The van der Waals surface area contributed by atoms with E-state index in [1.54, 1.807) is 23.1 Å². The Morgan fingerprint density at radius 2 is 1.89 bits per heavy atom. The minimum absolute atomic E-state index is 0.0742. The van der Waals surface area contributed by atoms with E-state index in [0.29, 0.717) is 30.5 Å². The molecule has 1 atom stereocenters. The smallest absolute Gasteiger partial charge is 0.272 e. The molecule has 1 fully saturated rings. The largest absolute Gasteiger partial charge is 0.480 e. The quantitative estimate of drug-likeness (QED) is 0.708. The summed E-state index contributed by atoms with van der Waals surface area (Å²) in [7, 11) is 1.54. The van der Waals surface area contributed by atoms with Gasteiger partial charge in [-0.25, -0.2) is 4.98 Å². The topological polar surface area (TPSA) is 77.4 Å². The van der Waals surface area contributed by atoms with Gasteiger partial charge < -0.3 is 14.4 Å². The van der Waals surface area contributed by atoms with Crippen molar-refractivity contribution in [3.05, 3.63) is 54.2 Å². The highest BCUT2D eigenvalue weighted by molar-refractivity contribution is 5.95. The standard InChI is InChI=1S/C20H20N4O3/c1-26-18-10-11-19(23-22-18)27-15-6-4-12-24(13-15)20(25)17-9-8-14-5-2-3-7-16(14)21-17/h2-3,5,7-11,15H,4,6,12-13H2,1H3. The number of hydrogen-bond acceptors (Lipinski definition) is 6. The third-order valence-electron chi connectivity index (χ3n) is 4.60. The molecule has 1 aliphatic heterocycles. The van der Waals surface area contributed by atoms with Crippen molar-refractivity contribution < 1.29 is 14.3 Å². The van der Waals surface area contributed by atoms with Crippen LogP contribution in [0.4, 0.5) is 0 Å². The van der Waals surface area contributed by atoms with Gasteiger partial charge in [0, 0.05) is 24.1 Å². The van der Waals surface area contributed by atoms with E-state index >= 15 is 0 Å². The minimum atomic E-state index is -0.120. The first-order chi connectivity index (χ1) is 13.2. The number of carbonyl (C=O) groups is 1. The molecule has 3 heterocycles. The number of likely N-dealkylation sites (tertiary alicyclic amines) is 1. The number of hydrogen-bond donors (Lipinski definition) is 0. The van der Waals surface area contributed by atoms with Crippen molar-refractivity contribution in [3.8, 4) is 11.8 Å². The number of rotatable bonds is 4. The summed E-state index contributed by atoms with van der Waals surface area (Å²) in [6, 6.07) is 14.9. The Kier molecular flexibility index (Phi) is 4.82. The average Bonchev–Trinajstić information content (AvgIpc) is 2.73. The molecular formula is C20H20N4O3. The Balaban J connectivity index is 1.45. The summed E-state index contributed by atoms with van der Waals surface area (Å²) in [6.07, 6.45) is 1.61. The summed E-state index contributed by atoms with van der Waals surface area (Å²) in [6.45, 7) is 1.20. The first kappa shape index (κ1) is 17.2. The molecule has 3 aromatic rings. The van der Waals surface area contributed by atoms with E-state index in [-0.39, 0.29) is 12.0 Å². The normalized spacial score (nSPS) is 16.9. The van der Waals surface area contributed by atoms with Crippen molar-refractivity contribution in [2.75, 3.05) is 20.2 Å². The fourth-order valence-electron chi connectivity index (χ4n) is 3.22. The van der Waals surface area contributed by atoms with Crippen LogP contribution >= 0.6 is 0 Å². The maximum atomic E-state index is 12.9. The summed E-state index contributed by atoms with van der Waals surface area (Å²) in [5.74, 6) is 0.791. The van der Waals surface area contributed by atoms with Crippen molar-refractivity contribution in [1.82, 2.24) is 20.1 Å². The summed E-state index contributed by atoms with van der Waals surface area (Å²) in [4.78, 5) is 19.2. The number of ether oxygens (including phenoxy) is 2. The van der Waals surface area contributed by atoms with E-state index in [4.69, 9.17) is 9.47 Å². The van der Waals surface area contributed by atoms with Gasteiger partial charge in [0.15, 0.2) is 0 Å². The van der Waals surface area contributed by atoms with Gasteiger partial charge in [0.25, 0.3) is 5.91 Å². The van der Waals surface area contributed by atoms with E-state index in [9.17, 15) is 4.79 Å². The van der Waals surface area contributed by atoms with Crippen LogP contribution < -0.4 is 9.47 Å². The van der Waals surface area contributed by atoms with Gasteiger partial charge in [-0.05, 0) is 25.0 Å². The lowest BCUT2D eigenvalue weighted by Crippen LogP contribution is -2.44. The molecule has 0 N–H and O–H groups in total. The van der Waals surface area contributed by atoms with Crippen molar-refractivity contribution in [2.24, 2.45) is 0 Å². The summed E-state index contributed by atoms with van der Waals surface area (Å²) >= 11 is 0. The number of carbonyl (C=O) groups excluding carboxylic acids is 1. The second kappa shape index (κ2) is 7.57. The van der Waals surface area contributed by atoms with Gasteiger partial charge in [-0.15, -0.1) is 10.2 Å². The third kappa shape index (κ3) is 3.81. The molecular weight excluding hydrogens is 344 g/mol. The Morgan fingerprint density at radius 3 is 2.70 bits per heavy atom. The van der Waals surface area contributed by atoms with E-state index < -0.39 is 0 Å². The van der Waals surface area contributed by atoms with Crippen LogP contribution in [0.15, 0.2) is 48.5 Å². The van der Waals surface area contributed by atoms with Crippen LogP contribution in [0.25, 0.3) is 10.9 Å². The summed E-state index contributed by atoms with van der Waals surface area (Å²) in [5, 5.41) is 8.92. The highest BCUT2D eigenvalue weighted by atomic mass is 16.5. The second-order valence-electron chi connectivity index (χ2n) is 6.44. The van der Waals surface area contributed by atoms with Gasteiger partial charge in [0.1, 0.15) is 11.8 Å². The zero-order valence-electron chi connectivity index (χ0n) is 15.0. The molecule has 1 aliphatic rings. The number of methoxy groups -OCH3 is 1. The molecule has 2 aromatic heterocycles. The number of amides is 1. The molecule has 0 aliphatic carbocycles. The Labute approximate surface area is 156 Å². The minimum Gasteiger partial charge on any atom is -0.480 e. The van der Waals surface area contributed by atoms with Crippen LogP contribution in [0.2, 0.25) is 0 Å². The molecule has 0 saturated carbocycles. The second-order valence-corrected chi connectivity index (χ2v) is 6.44. The zero-order chi connectivity index (χ0) is 18.6. The maximum Gasteiger partial charge on any atom is 0.272 e. The lowest BCUT2D eigenvalue weighted by atomic mass is 10.1. The Bertz CT molecular complexity index is 945. The van der Waals surface area contributed by atoms with Gasteiger partial charge in [-0.1, -0.05) is 24.3 Å². The van der Waals surface area contributed by atoms with Crippen molar-refractivity contribution in [1.29, 1.82) is 0 Å². The predicted molar refractivity (Wildman–Crippen MR) is 99.9 cm³/mol. The van der Waals surface area contributed by atoms with Gasteiger partial charge >= 0.3 is 0 Å². The van der Waals surface area contributed by atoms with E-state index in [1.807, 2.05) is 30.3 Å². The van der Waals surface area contributed by atoms with E-state index in [1.165, 1.54) is 7.11 Å². The highest BCUT2D eigenvalue weighted by Crippen LogP contribution is 2.20. The van der Waals surface area contributed by atoms with Crippen LogP contribution in [-0.4, -0.2) is 52.3 Å². The van der Waals surface area contributed by atoms with Crippen molar-refractivity contribution in [3.63, 3.8) is 0 Å². The molecule has 1 unspecified atom stereocenters. The number of para-hydroxylation sites is 1. The first-order valence-electron chi connectivity index (χ1n) is 8.92. The van der Waals surface area contributed by atoms with Gasteiger partial charge in [-0.3, -0.25) is 4.79 Å². The Hall–Kier alpha value is -3.22. The molecule has 7 nitrogen and oxygen atoms in total. The molecule has 1 aromatic carbocycles.